The molecule has 0 bridgehead atoms. The summed E-state index contributed by atoms with van der Waals surface area (Å²) >= 11 is 0. The molecule has 3 heterocycles. The highest BCUT2D eigenvalue weighted by Gasteiger charge is 2.31. The molecule has 1 aromatic rings. The van der Waals surface area contributed by atoms with Crippen LogP contribution >= 0.6 is 0 Å². The van der Waals surface area contributed by atoms with Crippen LogP contribution in [0.15, 0.2) is 6.07 Å². The van der Waals surface area contributed by atoms with Gasteiger partial charge in [0, 0.05) is 43.9 Å². The second-order valence-electron chi connectivity index (χ2n) is 5.66. The summed E-state index contributed by atoms with van der Waals surface area (Å²) in [5.41, 5.74) is 6.61. The Labute approximate surface area is 119 Å². The molecule has 0 spiro atoms. The molecule has 0 saturated carbocycles. The van der Waals surface area contributed by atoms with Crippen LogP contribution in [0.5, 0.6) is 0 Å². The first-order valence-electron chi connectivity index (χ1n) is 7.29. The number of amides is 1. The van der Waals surface area contributed by atoms with E-state index in [2.05, 4.69) is 14.9 Å². The highest BCUT2D eigenvalue weighted by Crippen LogP contribution is 2.24. The van der Waals surface area contributed by atoms with Gasteiger partial charge in [0.15, 0.2) is 0 Å². The Bertz CT molecular complexity index is 498. The Kier molecular flexibility index (Phi) is 3.46. The van der Waals surface area contributed by atoms with Gasteiger partial charge in [-0.05, 0) is 26.2 Å². The highest BCUT2D eigenvalue weighted by atomic mass is 16.2. The van der Waals surface area contributed by atoms with Gasteiger partial charge in [-0.25, -0.2) is 4.98 Å². The Hall–Kier alpha value is -1.85. The van der Waals surface area contributed by atoms with Crippen molar-refractivity contribution >= 4 is 17.7 Å². The minimum absolute atomic E-state index is 0.301. The van der Waals surface area contributed by atoms with Crippen LogP contribution < -0.4 is 10.6 Å². The van der Waals surface area contributed by atoms with Gasteiger partial charge < -0.3 is 15.5 Å². The van der Waals surface area contributed by atoms with Gasteiger partial charge in [-0.3, -0.25) is 4.79 Å². The number of hydrogen-bond acceptors (Lipinski definition) is 5. The summed E-state index contributed by atoms with van der Waals surface area (Å²) in [7, 11) is 0. The van der Waals surface area contributed by atoms with E-state index in [1.807, 2.05) is 17.9 Å². The molecule has 2 fully saturated rings. The van der Waals surface area contributed by atoms with E-state index in [0.717, 1.165) is 50.4 Å². The first-order valence-corrected chi connectivity index (χ1v) is 7.29. The van der Waals surface area contributed by atoms with E-state index in [9.17, 15) is 4.79 Å². The van der Waals surface area contributed by atoms with Crippen LogP contribution in [-0.2, 0) is 4.79 Å². The van der Waals surface area contributed by atoms with E-state index < -0.39 is 0 Å². The summed E-state index contributed by atoms with van der Waals surface area (Å²) < 4.78 is 0. The predicted octanol–water partition coefficient (Wildman–Crippen LogP) is 0.958. The summed E-state index contributed by atoms with van der Waals surface area (Å²) in [4.78, 5) is 24.6. The summed E-state index contributed by atoms with van der Waals surface area (Å²) in [5.74, 6) is 1.50. The van der Waals surface area contributed by atoms with Crippen molar-refractivity contribution in [3.63, 3.8) is 0 Å². The quantitative estimate of drug-likeness (QED) is 0.870. The number of rotatable bonds is 2. The minimum Gasteiger partial charge on any atom is -0.368 e. The number of nitrogen functional groups attached to an aromatic ring is 1. The lowest BCUT2D eigenvalue weighted by Crippen LogP contribution is -2.48. The number of aryl methyl sites for hydroxylation is 1. The molecule has 2 aliphatic rings. The normalized spacial score (nSPS) is 23.4. The van der Waals surface area contributed by atoms with Crippen molar-refractivity contribution in [3.8, 4) is 0 Å². The molecule has 0 radical (unpaired) electrons. The molecule has 0 unspecified atom stereocenters. The molecule has 6 nitrogen and oxygen atoms in total. The maximum Gasteiger partial charge on any atom is 0.222 e. The monoisotopic (exact) mass is 275 g/mol. The fourth-order valence-corrected chi connectivity index (χ4v) is 3.21. The maximum absolute atomic E-state index is 11.9. The minimum atomic E-state index is 0.301. The molecule has 1 aromatic heterocycles. The summed E-state index contributed by atoms with van der Waals surface area (Å²) in [6.07, 6.45) is 3.87. The Morgan fingerprint density at radius 3 is 2.85 bits per heavy atom. The van der Waals surface area contributed by atoms with E-state index in [4.69, 9.17) is 5.73 Å². The average Bonchev–Trinajstić information content (AvgIpc) is 2.84. The van der Waals surface area contributed by atoms with Gasteiger partial charge in [0.2, 0.25) is 11.9 Å². The summed E-state index contributed by atoms with van der Waals surface area (Å²) in [6.45, 7) is 4.64. The molecule has 1 atom stereocenters. The van der Waals surface area contributed by atoms with E-state index in [-0.39, 0.29) is 0 Å². The number of likely N-dealkylation sites (tertiary alicyclic amines) is 1. The zero-order valence-corrected chi connectivity index (χ0v) is 11.9. The molecule has 0 aromatic carbocycles. The number of piperidine rings is 1. The van der Waals surface area contributed by atoms with Gasteiger partial charge in [0.05, 0.1) is 0 Å². The van der Waals surface area contributed by atoms with E-state index in [1.54, 1.807) is 0 Å². The fourth-order valence-electron chi connectivity index (χ4n) is 3.21. The predicted molar refractivity (Wildman–Crippen MR) is 77.4 cm³/mol. The standard InChI is InChI=1S/C14H21N5O/c1-10-8-12(17-14(15)16-10)18-6-2-4-11(9-18)19-7-3-5-13(19)20/h8,11H,2-7,9H2,1H3,(H2,15,16,17)/t11-/m1/s1. The first-order chi connectivity index (χ1) is 9.63. The maximum atomic E-state index is 11.9. The van der Waals surface area contributed by atoms with Crippen LogP contribution in [0.1, 0.15) is 31.4 Å². The van der Waals surface area contributed by atoms with Gasteiger partial charge >= 0.3 is 0 Å². The number of aromatic nitrogens is 2. The van der Waals surface area contributed by atoms with Crippen LogP contribution in [0.3, 0.4) is 0 Å². The SMILES string of the molecule is Cc1cc(N2CCC[C@@H](N3CCCC3=O)C2)nc(N)n1. The largest absolute Gasteiger partial charge is 0.368 e. The van der Waals surface area contributed by atoms with Gasteiger partial charge in [-0.2, -0.15) is 4.98 Å². The first kappa shape index (κ1) is 13.1. The third-order valence-corrected chi connectivity index (χ3v) is 4.13. The van der Waals surface area contributed by atoms with Crippen molar-refractivity contribution in [1.82, 2.24) is 14.9 Å². The highest BCUT2D eigenvalue weighted by molar-refractivity contribution is 5.78. The van der Waals surface area contributed by atoms with Crippen molar-refractivity contribution in [1.29, 1.82) is 0 Å². The van der Waals surface area contributed by atoms with Crippen LogP contribution in [-0.4, -0.2) is 46.5 Å². The molecule has 108 valence electrons. The molecule has 0 aliphatic carbocycles. The molecular formula is C14H21N5O. The Morgan fingerprint density at radius 2 is 2.15 bits per heavy atom. The second kappa shape index (κ2) is 5.26. The summed E-state index contributed by atoms with van der Waals surface area (Å²) in [6, 6.07) is 2.28. The van der Waals surface area contributed by atoms with Crippen LogP contribution in [0.2, 0.25) is 0 Å². The molecule has 3 rings (SSSR count). The van der Waals surface area contributed by atoms with Crippen molar-refractivity contribution in [2.24, 2.45) is 0 Å². The zero-order chi connectivity index (χ0) is 14.1. The number of anilines is 2. The molecule has 6 heteroatoms. The smallest absolute Gasteiger partial charge is 0.222 e. The van der Waals surface area contributed by atoms with Crippen molar-refractivity contribution in [2.45, 2.75) is 38.6 Å². The lowest BCUT2D eigenvalue weighted by molar-refractivity contribution is -0.129. The zero-order valence-electron chi connectivity index (χ0n) is 11.9. The van der Waals surface area contributed by atoms with Gasteiger partial charge in [-0.15, -0.1) is 0 Å². The molecule has 1 amide bonds. The number of nitrogens with zero attached hydrogens (tertiary/aromatic N) is 4. The second-order valence-corrected chi connectivity index (χ2v) is 5.66. The van der Waals surface area contributed by atoms with E-state index in [1.165, 1.54) is 0 Å². The van der Waals surface area contributed by atoms with Gasteiger partial charge in [0.1, 0.15) is 5.82 Å². The van der Waals surface area contributed by atoms with Crippen molar-refractivity contribution in [2.75, 3.05) is 30.3 Å². The fraction of sp³-hybridized carbons (Fsp3) is 0.643. The lowest BCUT2D eigenvalue weighted by Gasteiger charge is -2.38. The van der Waals surface area contributed by atoms with Gasteiger partial charge in [0.25, 0.3) is 0 Å². The molecule has 2 saturated heterocycles. The third-order valence-electron chi connectivity index (χ3n) is 4.13. The van der Waals surface area contributed by atoms with Crippen molar-refractivity contribution in [3.05, 3.63) is 11.8 Å². The number of nitrogens with two attached hydrogens (primary N) is 1. The molecule has 2 aliphatic heterocycles. The molecule has 2 N–H and O–H groups in total. The van der Waals surface area contributed by atoms with E-state index in [0.29, 0.717) is 24.3 Å². The van der Waals surface area contributed by atoms with Crippen LogP contribution in [0, 0.1) is 6.92 Å². The van der Waals surface area contributed by atoms with Crippen LogP contribution in [0.4, 0.5) is 11.8 Å². The number of carbonyl (C=O) groups excluding carboxylic acids is 1. The topological polar surface area (TPSA) is 75.3 Å². The Balaban J connectivity index is 1.76. The Morgan fingerprint density at radius 1 is 1.30 bits per heavy atom. The average molecular weight is 275 g/mol. The lowest BCUT2D eigenvalue weighted by atomic mass is 10.0. The van der Waals surface area contributed by atoms with Crippen molar-refractivity contribution < 1.29 is 4.79 Å². The van der Waals surface area contributed by atoms with E-state index >= 15 is 0 Å². The number of carbonyl (C=O) groups is 1. The van der Waals surface area contributed by atoms with Crippen LogP contribution in [0.25, 0.3) is 0 Å². The summed E-state index contributed by atoms with van der Waals surface area (Å²) in [5, 5.41) is 0. The molecular weight excluding hydrogens is 254 g/mol. The third kappa shape index (κ3) is 2.55. The molecule has 20 heavy (non-hydrogen) atoms. The van der Waals surface area contributed by atoms with Gasteiger partial charge in [-0.1, -0.05) is 0 Å². The number of hydrogen-bond donors (Lipinski definition) is 1.